The van der Waals surface area contributed by atoms with Gasteiger partial charge in [0.05, 0.1) is 6.04 Å². The fraction of sp³-hybridized carbons (Fsp3) is 0.259. The number of carbonyl (C=O) groups excluding carboxylic acids is 2. The number of hydrogen-bond acceptors (Lipinski definition) is 3. The van der Waals surface area contributed by atoms with E-state index in [-0.39, 0.29) is 18.3 Å². The lowest BCUT2D eigenvalue weighted by molar-refractivity contribution is -0.121. The number of primary amides is 1. The molecule has 1 aliphatic rings. The van der Waals surface area contributed by atoms with Crippen molar-refractivity contribution in [3.05, 3.63) is 95.8 Å². The second kappa shape index (κ2) is 9.45. The van der Waals surface area contributed by atoms with E-state index >= 15 is 0 Å². The highest BCUT2D eigenvalue weighted by Gasteiger charge is 2.43. The fourth-order valence-electron chi connectivity index (χ4n) is 4.39. The van der Waals surface area contributed by atoms with Gasteiger partial charge in [-0.2, -0.15) is 0 Å². The summed E-state index contributed by atoms with van der Waals surface area (Å²) in [6.45, 7) is 2.46. The van der Waals surface area contributed by atoms with Crippen LogP contribution in [0.4, 0.5) is 9.18 Å². The first-order chi connectivity index (χ1) is 15.9. The van der Waals surface area contributed by atoms with E-state index in [1.165, 1.54) is 12.1 Å². The molecular formula is C27H27FN2O3. The summed E-state index contributed by atoms with van der Waals surface area (Å²) in [4.78, 5) is 26.3. The van der Waals surface area contributed by atoms with Crippen LogP contribution >= 0.6 is 0 Å². The summed E-state index contributed by atoms with van der Waals surface area (Å²) in [5.41, 5.74) is 8.27. The Bertz CT molecular complexity index is 1120. The van der Waals surface area contributed by atoms with Crippen LogP contribution in [0.15, 0.2) is 78.9 Å². The number of carbonyl (C=O) groups is 2. The lowest BCUT2D eigenvalue weighted by Crippen LogP contribution is -2.49. The average molecular weight is 447 g/mol. The van der Waals surface area contributed by atoms with Gasteiger partial charge in [0.15, 0.2) is 0 Å². The molecule has 0 unspecified atom stereocenters. The number of benzene rings is 3. The van der Waals surface area contributed by atoms with Gasteiger partial charge in [-0.3, -0.25) is 4.79 Å². The van der Waals surface area contributed by atoms with Crippen LogP contribution in [0.2, 0.25) is 0 Å². The molecule has 3 aromatic carbocycles. The summed E-state index contributed by atoms with van der Waals surface area (Å²) in [6.07, 6.45) is 0.646. The van der Waals surface area contributed by atoms with Crippen LogP contribution in [0.1, 0.15) is 43.4 Å². The highest BCUT2D eigenvalue weighted by Crippen LogP contribution is 2.40. The topological polar surface area (TPSA) is 72.6 Å². The van der Waals surface area contributed by atoms with Gasteiger partial charge < -0.3 is 15.4 Å². The standard InChI is InChI=1S/C27H27FN2O3/c1-19(20-7-9-21(10-8-20)22-11-13-24(28)14-12-22)30-18-17-27(33-26(30)32,16-15-25(29)31)23-5-3-2-4-6-23/h2-14,19H,15-18H2,1H3,(H2,29,31)/t19-,27-/m0/s1. The number of hydrogen-bond donors (Lipinski definition) is 1. The monoisotopic (exact) mass is 446 g/mol. The van der Waals surface area contributed by atoms with Crippen molar-refractivity contribution in [2.45, 2.75) is 37.8 Å². The number of cyclic esters (lactones) is 1. The largest absolute Gasteiger partial charge is 0.438 e. The molecule has 1 heterocycles. The summed E-state index contributed by atoms with van der Waals surface area (Å²) in [7, 11) is 0. The maximum Gasteiger partial charge on any atom is 0.411 e. The average Bonchev–Trinajstić information content (AvgIpc) is 2.83. The van der Waals surface area contributed by atoms with Crippen LogP contribution in [0.5, 0.6) is 0 Å². The SMILES string of the molecule is C[C@@H](c1ccc(-c2ccc(F)cc2)cc1)N1CC[C@@](CCC(N)=O)(c2ccccc2)OC1=O. The van der Waals surface area contributed by atoms with E-state index in [0.717, 1.165) is 22.3 Å². The molecule has 3 aromatic rings. The zero-order valence-electron chi connectivity index (χ0n) is 18.5. The van der Waals surface area contributed by atoms with Gasteiger partial charge >= 0.3 is 6.09 Å². The van der Waals surface area contributed by atoms with Crippen molar-refractivity contribution < 1.29 is 18.7 Å². The molecule has 0 spiro atoms. The molecule has 0 aromatic heterocycles. The van der Waals surface area contributed by atoms with E-state index < -0.39 is 17.6 Å². The third kappa shape index (κ3) is 4.90. The van der Waals surface area contributed by atoms with Gasteiger partial charge in [-0.25, -0.2) is 9.18 Å². The smallest absolute Gasteiger partial charge is 0.411 e. The minimum absolute atomic E-state index is 0.141. The van der Waals surface area contributed by atoms with Crippen LogP contribution in [-0.2, 0) is 15.1 Å². The van der Waals surface area contributed by atoms with Crippen molar-refractivity contribution in [2.24, 2.45) is 5.73 Å². The molecule has 33 heavy (non-hydrogen) atoms. The molecule has 170 valence electrons. The van der Waals surface area contributed by atoms with Crippen LogP contribution in [0.25, 0.3) is 11.1 Å². The Morgan fingerprint density at radius 2 is 1.64 bits per heavy atom. The third-order valence-electron chi connectivity index (χ3n) is 6.39. The van der Waals surface area contributed by atoms with Crippen molar-refractivity contribution in [1.82, 2.24) is 4.90 Å². The molecule has 1 fully saturated rings. The Morgan fingerprint density at radius 1 is 1.03 bits per heavy atom. The van der Waals surface area contributed by atoms with Gasteiger partial charge in [-0.15, -0.1) is 0 Å². The van der Waals surface area contributed by atoms with E-state index in [9.17, 15) is 14.0 Å². The van der Waals surface area contributed by atoms with E-state index in [1.54, 1.807) is 17.0 Å². The van der Waals surface area contributed by atoms with Gasteiger partial charge in [-0.05, 0) is 41.3 Å². The maximum absolute atomic E-state index is 13.2. The van der Waals surface area contributed by atoms with Gasteiger partial charge in [-0.1, -0.05) is 66.7 Å². The van der Waals surface area contributed by atoms with Crippen molar-refractivity contribution in [3.63, 3.8) is 0 Å². The molecule has 4 rings (SSSR count). The number of halogens is 1. The molecule has 0 aliphatic carbocycles. The molecule has 0 bridgehead atoms. The van der Waals surface area contributed by atoms with Gasteiger partial charge in [0, 0.05) is 25.8 Å². The first kappa shape index (κ1) is 22.5. The van der Waals surface area contributed by atoms with E-state index in [1.807, 2.05) is 61.5 Å². The molecule has 5 nitrogen and oxygen atoms in total. The lowest BCUT2D eigenvalue weighted by atomic mass is 9.84. The Balaban J connectivity index is 1.51. The summed E-state index contributed by atoms with van der Waals surface area (Å²) in [5, 5.41) is 0. The molecule has 0 saturated carbocycles. The first-order valence-electron chi connectivity index (χ1n) is 11.1. The second-order valence-electron chi connectivity index (χ2n) is 8.44. The normalized spacial score (nSPS) is 19.1. The van der Waals surface area contributed by atoms with Crippen molar-refractivity contribution >= 4 is 12.0 Å². The Kier molecular flexibility index (Phi) is 6.45. The minimum Gasteiger partial charge on any atom is -0.438 e. The maximum atomic E-state index is 13.2. The van der Waals surface area contributed by atoms with Gasteiger partial charge in [0.2, 0.25) is 5.91 Å². The number of ether oxygens (including phenoxy) is 1. The number of nitrogens with two attached hydrogens (primary N) is 1. The van der Waals surface area contributed by atoms with Crippen molar-refractivity contribution in [2.75, 3.05) is 6.54 Å². The van der Waals surface area contributed by atoms with Crippen LogP contribution in [0.3, 0.4) is 0 Å². The van der Waals surface area contributed by atoms with E-state index in [4.69, 9.17) is 10.5 Å². The number of rotatable bonds is 7. The molecule has 1 aliphatic heterocycles. The molecular weight excluding hydrogens is 419 g/mol. The predicted octanol–water partition coefficient (Wildman–Crippen LogP) is 5.56. The summed E-state index contributed by atoms with van der Waals surface area (Å²) in [5.74, 6) is -0.687. The quantitative estimate of drug-likeness (QED) is 0.517. The summed E-state index contributed by atoms with van der Waals surface area (Å²) in [6, 6.07) is 23.6. The highest BCUT2D eigenvalue weighted by molar-refractivity contribution is 5.74. The van der Waals surface area contributed by atoms with E-state index in [2.05, 4.69) is 0 Å². The Hall–Kier alpha value is -3.67. The summed E-state index contributed by atoms with van der Waals surface area (Å²) >= 11 is 0. The van der Waals surface area contributed by atoms with Crippen molar-refractivity contribution in [3.8, 4) is 11.1 Å². The van der Waals surface area contributed by atoms with Crippen LogP contribution in [0, 0.1) is 5.82 Å². The van der Waals surface area contributed by atoms with Gasteiger partial charge in [0.1, 0.15) is 11.4 Å². The number of amides is 2. The first-order valence-corrected chi connectivity index (χ1v) is 11.1. The van der Waals surface area contributed by atoms with Crippen LogP contribution < -0.4 is 5.73 Å². The third-order valence-corrected chi connectivity index (χ3v) is 6.39. The van der Waals surface area contributed by atoms with Gasteiger partial charge in [0.25, 0.3) is 0 Å². The Labute approximate surface area is 193 Å². The highest BCUT2D eigenvalue weighted by atomic mass is 19.1. The van der Waals surface area contributed by atoms with E-state index in [0.29, 0.717) is 19.4 Å². The lowest BCUT2D eigenvalue weighted by Gasteiger charge is -2.43. The molecule has 2 N–H and O–H groups in total. The molecule has 6 heteroatoms. The number of nitrogens with zero attached hydrogens (tertiary/aromatic N) is 1. The molecule has 2 amide bonds. The zero-order valence-corrected chi connectivity index (χ0v) is 18.5. The minimum atomic E-state index is -0.865. The molecule has 2 atom stereocenters. The fourth-order valence-corrected chi connectivity index (χ4v) is 4.39. The second-order valence-corrected chi connectivity index (χ2v) is 8.44. The molecule has 1 saturated heterocycles. The van der Waals surface area contributed by atoms with Crippen molar-refractivity contribution in [1.29, 1.82) is 0 Å². The molecule has 0 radical (unpaired) electrons. The van der Waals surface area contributed by atoms with Crippen LogP contribution in [-0.4, -0.2) is 23.4 Å². The zero-order chi connectivity index (χ0) is 23.4. The summed E-state index contributed by atoms with van der Waals surface area (Å²) < 4.78 is 19.2. The Morgan fingerprint density at radius 3 is 2.21 bits per heavy atom. The predicted molar refractivity (Wildman–Crippen MR) is 125 cm³/mol.